The molecule has 24 heavy (non-hydrogen) atoms. The van der Waals surface area contributed by atoms with Gasteiger partial charge < -0.3 is 10.2 Å². The molecule has 2 N–H and O–H groups in total. The van der Waals surface area contributed by atoms with Crippen molar-refractivity contribution in [1.82, 2.24) is 0 Å². The number of aliphatic hydroxyl groups excluding tert-OH is 1. The van der Waals surface area contributed by atoms with Crippen LogP contribution in [0.3, 0.4) is 0 Å². The molecule has 4 nitrogen and oxygen atoms in total. The minimum absolute atomic E-state index is 0.0899. The topological polar surface area (TPSA) is 74.6 Å². The van der Waals surface area contributed by atoms with Crippen LogP contribution in [0.1, 0.15) is 71.1 Å². The summed E-state index contributed by atoms with van der Waals surface area (Å²) in [5.74, 6) is -0.482. The first kappa shape index (κ1) is 22.3. The van der Waals surface area contributed by atoms with Crippen LogP contribution in [0.2, 0.25) is 0 Å². The largest absolute Gasteiger partial charge is 0.481 e. The molecule has 0 aromatic rings. The summed E-state index contributed by atoms with van der Waals surface area (Å²) in [6.07, 6.45) is 18.0. The van der Waals surface area contributed by atoms with E-state index < -0.39 is 12.1 Å². The van der Waals surface area contributed by atoms with Gasteiger partial charge in [-0.2, -0.15) is 0 Å². The predicted octanol–water partition coefficient (Wildman–Crippen LogP) is 4.59. The fourth-order valence-electron chi connectivity index (χ4n) is 2.14. The molecule has 0 bridgehead atoms. The lowest BCUT2D eigenvalue weighted by atomic mass is 10.1. The molecule has 0 fully saturated rings. The number of aliphatic hydroxyl groups is 1. The third-order valence-corrected chi connectivity index (χ3v) is 3.56. The molecule has 0 saturated heterocycles. The Bertz CT molecular complexity index is 421. The Morgan fingerprint density at radius 1 is 0.958 bits per heavy atom. The number of ketones is 1. The van der Waals surface area contributed by atoms with Crippen LogP contribution in [0.15, 0.2) is 36.5 Å². The van der Waals surface area contributed by atoms with E-state index in [9.17, 15) is 14.7 Å². The summed E-state index contributed by atoms with van der Waals surface area (Å²) >= 11 is 0. The maximum atomic E-state index is 11.6. The molecular weight excluding hydrogens is 304 g/mol. The first-order valence-electron chi connectivity index (χ1n) is 8.96. The molecule has 4 heteroatoms. The van der Waals surface area contributed by atoms with Gasteiger partial charge in [0.05, 0.1) is 6.10 Å². The molecule has 0 amide bonds. The average Bonchev–Trinajstić information content (AvgIpc) is 2.53. The van der Waals surface area contributed by atoms with Gasteiger partial charge in [-0.05, 0) is 32.1 Å². The average molecular weight is 336 g/mol. The highest BCUT2D eigenvalue weighted by atomic mass is 16.4. The SMILES string of the molecule is CCCCCC(=O)CC/C=C\C/C=C\C=C\[C@@H](O)CCCC(=O)O. The monoisotopic (exact) mass is 336 g/mol. The van der Waals surface area contributed by atoms with Crippen LogP contribution in [0.25, 0.3) is 0 Å². The van der Waals surface area contributed by atoms with E-state index in [-0.39, 0.29) is 6.42 Å². The van der Waals surface area contributed by atoms with Crippen LogP contribution in [0, 0.1) is 0 Å². The van der Waals surface area contributed by atoms with Crippen LogP contribution in [0.5, 0.6) is 0 Å². The van der Waals surface area contributed by atoms with Gasteiger partial charge in [0.2, 0.25) is 0 Å². The van der Waals surface area contributed by atoms with Gasteiger partial charge in [-0.3, -0.25) is 9.59 Å². The highest BCUT2D eigenvalue weighted by Crippen LogP contribution is 2.05. The van der Waals surface area contributed by atoms with E-state index in [1.54, 1.807) is 12.2 Å². The Labute approximate surface area is 146 Å². The summed E-state index contributed by atoms with van der Waals surface area (Å²) in [6, 6.07) is 0. The Kier molecular flexibility index (Phi) is 15.1. The number of carboxylic acids is 1. The van der Waals surface area contributed by atoms with E-state index in [1.165, 1.54) is 0 Å². The van der Waals surface area contributed by atoms with Crippen molar-refractivity contribution in [3.8, 4) is 0 Å². The van der Waals surface area contributed by atoms with Crippen LogP contribution >= 0.6 is 0 Å². The number of hydrogen-bond donors (Lipinski definition) is 2. The molecule has 0 rings (SSSR count). The third kappa shape index (κ3) is 16.7. The van der Waals surface area contributed by atoms with Crippen molar-refractivity contribution in [3.05, 3.63) is 36.5 Å². The van der Waals surface area contributed by atoms with Crippen LogP contribution < -0.4 is 0 Å². The van der Waals surface area contributed by atoms with Crippen molar-refractivity contribution in [1.29, 1.82) is 0 Å². The number of rotatable bonds is 15. The number of unbranched alkanes of at least 4 members (excludes halogenated alkanes) is 2. The number of hydrogen-bond acceptors (Lipinski definition) is 3. The number of carboxylic acid groups (broad SMARTS) is 1. The zero-order chi connectivity index (χ0) is 18.0. The van der Waals surface area contributed by atoms with Crippen LogP contribution in [-0.4, -0.2) is 28.1 Å². The summed E-state index contributed by atoms with van der Waals surface area (Å²) in [7, 11) is 0. The Morgan fingerprint density at radius 2 is 1.75 bits per heavy atom. The molecule has 0 radical (unpaired) electrons. The minimum atomic E-state index is -0.833. The first-order chi connectivity index (χ1) is 11.6. The molecule has 0 aliphatic carbocycles. The number of carbonyl (C=O) groups excluding carboxylic acids is 1. The molecule has 0 saturated carbocycles. The van der Waals surface area contributed by atoms with Gasteiger partial charge in [0.1, 0.15) is 5.78 Å². The van der Waals surface area contributed by atoms with Gasteiger partial charge in [0, 0.05) is 19.3 Å². The van der Waals surface area contributed by atoms with Crippen molar-refractivity contribution in [2.24, 2.45) is 0 Å². The van der Waals surface area contributed by atoms with Gasteiger partial charge >= 0.3 is 5.97 Å². The number of aliphatic carboxylic acids is 1. The lowest BCUT2D eigenvalue weighted by Gasteiger charge is -2.02. The van der Waals surface area contributed by atoms with E-state index in [2.05, 4.69) is 6.92 Å². The second-order valence-corrected chi connectivity index (χ2v) is 5.91. The molecule has 0 aromatic heterocycles. The quantitative estimate of drug-likeness (QED) is 0.260. The highest BCUT2D eigenvalue weighted by molar-refractivity contribution is 5.78. The fraction of sp³-hybridized carbons (Fsp3) is 0.600. The van der Waals surface area contributed by atoms with E-state index in [1.807, 2.05) is 24.3 Å². The molecule has 0 aromatic carbocycles. The molecule has 0 heterocycles. The summed E-state index contributed by atoms with van der Waals surface area (Å²) < 4.78 is 0. The fourth-order valence-corrected chi connectivity index (χ4v) is 2.14. The number of Topliss-reactive ketones (excluding diaryl/α,β-unsaturated/α-hetero) is 1. The number of allylic oxidation sites excluding steroid dienone is 5. The standard InChI is InChI=1S/C20H32O4/c1-2-3-9-13-18(21)14-10-7-5-4-6-8-11-15-19(22)16-12-17-20(23)24/h5-8,11,15,19,22H,2-4,9-10,12-14,16-17H2,1H3,(H,23,24)/b7-5-,8-6-,15-11+/t19-/m1/s1. The van der Waals surface area contributed by atoms with E-state index >= 15 is 0 Å². The van der Waals surface area contributed by atoms with Gasteiger partial charge in [0.15, 0.2) is 0 Å². The van der Waals surface area contributed by atoms with Crippen LogP contribution in [-0.2, 0) is 9.59 Å². The summed E-state index contributed by atoms with van der Waals surface area (Å²) in [6.45, 7) is 2.14. The van der Waals surface area contributed by atoms with Gasteiger partial charge in [0.25, 0.3) is 0 Å². The van der Waals surface area contributed by atoms with Crippen molar-refractivity contribution in [2.45, 2.75) is 77.2 Å². The smallest absolute Gasteiger partial charge is 0.303 e. The second-order valence-electron chi connectivity index (χ2n) is 5.91. The van der Waals surface area contributed by atoms with E-state index in [4.69, 9.17) is 5.11 Å². The zero-order valence-corrected chi connectivity index (χ0v) is 14.8. The highest BCUT2D eigenvalue weighted by Gasteiger charge is 2.01. The normalized spacial score (nSPS) is 13.2. The Hall–Kier alpha value is -1.68. The zero-order valence-electron chi connectivity index (χ0n) is 14.8. The third-order valence-electron chi connectivity index (χ3n) is 3.56. The second kappa shape index (κ2) is 16.2. The maximum absolute atomic E-state index is 11.6. The lowest BCUT2D eigenvalue weighted by Crippen LogP contribution is -2.03. The number of carbonyl (C=O) groups is 2. The Balaban J connectivity index is 3.64. The van der Waals surface area contributed by atoms with Crippen molar-refractivity contribution in [2.75, 3.05) is 0 Å². The summed E-state index contributed by atoms with van der Waals surface area (Å²) in [5.41, 5.74) is 0. The van der Waals surface area contributed by atoms with Crippen molar-refractivity contribution >= 4 is 11.8 Å². The Morgan fingerprint density at radius 3 is 2.46 bits per heavy atom. The van der Waals surface area contributed by atoms with Crippen molar-refractivity contribution in [3.63, 3.8) is 0 Å². The van der Waals surface area contributed by atoms with Gasteiger partial charge in [-0.15, -0.1) is 0 Å². The van der Waals surface area contributed by atoms with E-state index in [0.29, 0.717) is 31.5 Å². The van der Waals surface area contributed by atoms with Crippen LogP contribution in [0.4, 0.5) is 0 Å². The molecule has 1 atom stereocenters. The van der Waals surface area contributed by atoms with E-state index in [0.717, 1.165) is 32.1 Å². The first-order valence-corrected chi connectivity index (χ1v) is 8.96. The van der Waals surface area contributed by atoms with Crippen molar-refractivity contribution < 1.29 is 19.8 Å². The summed E-state index contributed by atoms with van der Waals surface area (Å²) in [5, 5.41) is 18.1. The molecule has 136 valence electrons. The predicted molar refractivity (Wildman–Crippen MR) is 97.9 cm³/mol. The lowest BCUT2D eigenvalue weighted by molar-refractivity contribution is -0.137. The van der Waals surface area contributed by atoms with Gasteiger partial charge in [-0.1, -0.05) is 56.2 Å². The molecule has 0 aliphatic rings. The molecule has 0 unspecified atom stereocenters. The molecule has 0 aliphatic heterocycles. The summed E-state index contributed by atoms with van der Waals surface area (Å²) in [4.78, 5) is 21.9. The minimum Gasteiger partial charge on any atom is -0.481 e. The molecule has 0 spiro atoms. The maximum Gasteiger partial charge on any atom is 0.303 e. The molecular formula is C20H32O4. The van der Waals surface area contributed by atoms with Gasteiger partial charge in [-0.25, -0.2) is 0 Å².